The van der Waals surface area contributed by atoms with Gasteiger partial charge in [-0.15, -0.1) is 11.3 Å². The normalized spacial score (nSPS) is 19.6. The largest absolute Gasteiger partial charge is 0.329 e. The molecule has 1 fully saturated rings. The van der Waals surface area contributed by atoms with Crippen LogP contribution >= 0.6 is 11.3 Å². The molecular weight excluding hydrogens is 337 g/mol. The van der Waals surface area contributed by atoms with E-state index in [0.29, 0.717) is 13.0 Å². The second kappa shape index (κ2) is 6.41. The van der Waals surface area contributed by atoms with E-state index in [2.05, 4.69) is 0 Å². The van der Waals surface area contributed by atoms with E-state index in [1.165, 1.54) is 34.4 Å². The van der Waals surface area contributed by atoms with Gasteiger partial charge in [0, 0.05) is 10.9 Å². The summed E-state index contributed by atoms with van der Waals surface area (Å²) in [6, 6.07) is 9.15. The second-order valence-corrected chi connectivity index (χ2v) is 8.81. The van der Waals surface area contributed by atoms with Crippen molar-refractivity contribution in [2.75, 3.05) is 11.5 Å². The Labute approximate surface area is 138 Å². The number of benzene rings is 1. The van der Waals surface area contributed by atoms with Gasteiger partial charge in [-0.1, -0.05) is 18.2 Å². The fourth-order valence-corrected chi connectivity index (χ4v) is 5.18. The van der Waals surface area contributed by atoms with Gasteiger partial charge in [0.05, 0.1) is 23.6 Å². The van der Waals surface area contributed by atoms with Crippen molar-refractivity contribution >= 4 is 27.1 Å². The maximum absolute atomic E-state index is 14.0. The SMILES string of the molecule is O=C(c1ccccc1F)N(Cc1cccs1)C1CCS(=O)(=O)C1. The highest BCUT2D eigenvalue weighted by Gasteiger charge is 2.35. The summed E-state index contributed by atoms with van der Waals surface area (Å²) in [5, 5.41) is 1.90. The highest BCUT2D eigenvalue weighted by Crippen LogP contribution is 2.24. The van der Waals surface area contributed by atoms with Crippen LogP contribution in [0.25, 0.3) is 0 Å². The number of carbonyl (C=O) groups is 1. The lowest BCUT2D eigenvalue weighted by Gasteiger charge is -2.28. The van der Waals surface area contributed by atoms with Crippen LogP contribution in [0.4, 0.5) is 4.39 Å². The van der Waals surface area contributed by atoms with E-state index in [9.17, 15) is 17.6 Å². The average Bonchev–Trinajstić information content (AvgIpc) is 3.14. The Morgan fingerprint density at radius 1 is 1.26 bits per heavy atom. The molecule has 4 nitrogen and oxygen atoms in total. The van der Waals surface area contributed by atoms with Gasteiger partial charge in [0.15, 0.2) is 9.84 Å². The molecule has 0 bridgehead atoms. The van der Waals surface area contributed by atoms with Crippen molar-refractivity contribution in [2.45, 2.75) is 19.0 Å². The average molecular weight is 353 g/mol. The summed E-state index contributed by atoms with van der Waals surface area (Å²) in [5.41, 5.74) is -0.0200. The minimum atomic E-state index is -3.13. The van der Waals surface area contributed by atoms with E-state index in [1.54, 1.807) is 6.07 Å². The molecule has 1 unspecified atom stereocenters. The molecule has 122 valence electrons. The Morgan fingerprint density at radius 2 is 2.04 bits per heavy atom. The number of amides is 1. The lowest BCUT2D eigenvalue weighted by atomic mass is 10.1. The summed E-state index contributed by atoms with van der Waals surface area (Å²) >= 11 is 1.49. The zero-order valence-electron chi connectivity index (χ0n) is 12.3. The first-order valence-electron chi connectivity index (χ1n) is 7.24. The van der Waals surface area contributed by atoms with Crippen molar-refractivity contribution < 1.29 is 17.6 Å². The van der Waals surface area contributed by atoms with E-state index >= 15 is 0 Å². The van der Waals surface area contributed by atoms with Gasteiger partial charge in [-0.25, -0.2) is 12.8 Å². The highest BCUT2D eigenvalue weighted by atomic mass is 32.2. The quantitative estimate of drug-likeness (QED) is 0.849. The van der Waals surface area contributed by atoms with Crippen LogP contribution in [-0.2, 0) is 16.4 Å². The van der Waals surface area contributed by atoms with Gasteiger partial charge in [-0.05, 0) is 30.0 Å². The molecule has 1 amide bonds. The summed E-state index contributed by atoms with van der Waals surface area (Å²) in [7, 11) is -3.13. The van der Waals surface area contributed by atoms with Crippen LogP contribution in [-0.4, -0.2) is 36.8 Å². The number of carbonyl (C=O) groups excluding carboxylic acids is 1. The van der Waals surface area contributed by atoms with Gasteiger partial charge in [0.1, 0.15) is 5.82 Å². The van der Waals surface area contributed by atoms with E-state index in [-0.39, 0.29) is 17.1 Å². The molecule has 3 rings (SSSR count). The Kier molecular flexibility index (Phi) is 4.50. The Bertz CT molecular complexity index is 802. The molecule has 0 radical (unpaired) electrons. The van der Waals surface area contributed by atoms with Gasteiger partial charge in [-0.2, -0.15) is 0 Å². The third-order valence-corrected chi connectivity index (χ3v) is 6.53. The predicted molar refractivity (Wildman–Crippen MR) is 87.7 cm³/mol. The van der Waals surface area contributed by atoms with Crippen molar-refractivity contribution in [3.63, 3.8) is 0 Å². The van der Waals surface area contributed by atoms with Crippen LogP contribution in [0.1, 0.15) is 21.7 Å². The maximum atomic E-state index is 14.0. The zero-order chi connectivity index (χ0) is 16.4. The van der Waals surface area contributed by atoms with Gasteiger partial charge in [-0.3, -0.25) is 4.79 Å². The van der Waals surface area contributed by atoms with E-state index in [4.69, 9.17) is 0 Å². The fourth-order valence-electron chi connectivity index (χ4n) is 2.75. The zero-order valence-corrected chi connectivity index (χ0v) is 13.9. The van der Waals surface area contributed by atoms with Crippen molar-refractivity contribution in [2.24, 2.45) is 0 Å². The summed E-state index contributed by atoms with van der Waals surface area (Å²) < 4.78 is 37.5. The molecule has 0 spiro atoms. The number of hydrogen-bond donors (Lipinski definition) is 0. The van der Waals surface area contributed by atoms with Crippen molar-refractivity contribution in [1.29, 1.82) is 0 Å². The molecule has 1 aliphatic rings. The van der Waals surface area contributed by atoms with Gasteiger partial charge < -0.3 is 4.90 Å². The molecule has 23 heavy (non-hydrogen) atoms. The number of nitrogens with zero attached hydrogens (tertiary/aromatic N) is 1. The Balaban J connectivity index is 1.91. The number of halogens is 1. The Morgan fingerprint density at radius 3 is 2.65 bits per heavy atom. The second-order valence-electron chi connectivity index (χ2n) is 5.55. The van der Waals surface area contributed by atoms with Crippen LogP contribution in [0.3, 0.4) is 0 Å². The summed E-state index contributed by atoms with van der Waals surface area (Å²) in [6.07, 6.45) is 0.397. The molecule has 0 N–H and O–H groups in total. The van der Waals surface area contributed by atoms with E-state index < -0.39 is 27.6 Å². The topological polar surface area (TPSA) is 54.5 Å². The summed E-state index contributed by atoms with van der Waals surface area (Å²) in [6.45, 7) is 0.297. The smallest absolute Gasteiger partial charge is 0.257 e. The standard InChI is InChI=1S/C16H16FNO3S2/c17-15-6-2-1-5-14(15)16(19)18(10-13-4-3-8-22-13)12-7-9-23(20,21)11-12/h1-6,8,12H,7,9-11H2. The van der Waals surface area contributed by atoms with E-state index in [1.807, 2.05) is 17.5 Å². The molecule has 1 atom stereocenters. The van der Waals surface area contributed by atoms with Crippen LogP contribution in [0.15, 0.2) is 41.8 Å². The first kappa shape index (κ1) is 16.1. The van der Waals surface area contributed by atoms with Gasteiger partial charge in [0.2, 0.25) is 0 Å². The molecule has 0 saturated carbocycles. The summed E-state index contributed by atoms with van der Waals surface area (Å²) in [4.78, 5) is 15.2. The minimum absolute atomic E-state index is 0.0200. The number of hydrogen-bond acceptors (Lipinski definition) is 4. The van der Waals surface area contributed by atoms with Crippen LogP contribution in [0.2, 0.25) is 0 Å². The first-order valence-corrected chi connectivity index (χ1v) is 9.95. The van der Waals surface area contributed by atoms with Crippen molar-refractivity contribution in [3.8, 4) is 0 Å². The molecular formula is C16H16FNO3S2. The number of sulfone groups is 1. The van der Waals surface area contributed by atoms with Crippen LogP contribution < -0.4 is 0 Å². The molecule has 1 saturated heterocycles. The third kappa shape index (κ3) is 3.61. The number of rotatable bonds is 4. The van der Waals surface area contributed by atoms with Crippen molar-refractivity contribution in [3.05, 3.63) is 58.0 Å². The first-order chi connectivity index (χ1) is 11.0. The highest BCUT2D eigenvalue weighted by molar-refractivity contribution is 7.91. The molecule has 0 aliphatic carbocycles. The predicted octanol–water partition coefficient (Wildman–Crippen LogP) is 2.72. The van der Waals surface area contributed by atoms with Gasteiger partial charge >= 0.3 is 0 Å². The molecule has 1 aromatic heterocycles. The summed E-state index contributed by atoms with van der Waals surface area (Å²) in [5.74, 6) is -1.03. The van der Waals surface area contributed by atoms with E-state index in [0.717, 1.165) is 4.88 Å². The van der Waals surface area contributed by atoms with Crippen molar-refractivity contribution in [1.82, 2.24) is 4.90 Å². The van der Waals surface area contributed by atoms with Gasteiger partial charge in [0.25, 0.3) is 5.91 Å². The Hall–Kier alpha value is -1.73. The maximum Gasteiger partial charge on any atom is 0.257 e. The molecule has 7 heteroatoms. The minimum Gasteiger partial charge on any atom is -0.329 e. The third-order valence-electron chi connectivity index (χ3n) is 3.92. The molecule has 2 heterocycles. The molecule has 2 aromatic rings. The number of thiophene rings is 1. The lowest BCUT2D eigenvalue weighted by molar-refractivity contribution is 0.0678. The van der Waals surface area contributed by atoms with Crippen LogP contribution in [0, 0.1) is 5.82 Å². The lowest BCUT2D eigenvalue weighted by Crippen LogP contribution is -2.40. The monoisotopic (exact) mass is 353 g/mol. The fraction of sp³-hybridized carbons (Fsp3) is 0.312. The molecule has 1 aromatic carbocycles. The van der Waals surface area contributed by atoms with Crippen LogP contribution in [0.5, 0.6) is 0 Å². The molecule has 1 aliphatic heterocycles.